The van der Waals surface area contributed by atoms with Gasteiger partial charge in [-0.1, -0.05) is 6.92 Å². The number of nitrogens with zero attached hydrogens (tertiary/aromatic N) is 2. The maximum absolute atomic E-state index is 12.1. The minimum atomic E-state index is -0.551. The van der Waals surface area contributed by atoms with Crippen LogP contribution in [-0.4, -0.2) is 33.5 Å². The van der Waals surface area contributed by atoms with E-state index < -0.39 is 5.91 Å². The van der Waals surface area contributed by atoms with Gasteiger partial charge in [0.1, 0.15) is 5.69 Å². The zero-order chi connectivity index (χ0) is 13.8. The minimum Gasteiger partial charge on any atom is -0.364 e. The number of primary amides is 1. The van der Waals surface area contributed by atoms with Crippen LogP contribution in [0.5, 0.6) is 0 Å². The first-order valence-electron chi connectivity index (χ1n) is 6.78. The van der Waals surface area contributed by atoms with Gasteiger partial charge < -0.3 is 10.6 Å². The van der Waals surface area contributed by atoms with Crippen molar-refractivity contribution in [1.29, 1.82) is 0 Å². The van der Waals surface area contributed by atoms with Gasteiger partial charge in [0.15, 0.2) is 0 Å². The lowest BCUT2D eigenvalue weighted by Crippen LogP contribution is -2.38. The summed E-state index contributed by atoms with van der Waals surface area (Å²) < 4.78 is 0. The van der Waals surface area contributed by atoms with Crippen molar-refractivity contribution in [2.75, 3.05) is 6.54 Å². The third-order valence-electron chi connectivity index (χ3n) is 3.50. The van der Waals surface area contributed by atoms with Crippen LogP contribution in [-0.2, 0) is 4.79 Å². The number of carbonyl (C=O) groups is 2. The largest absolute Gasteiger partial charge is 0.364 e. The Bertz CT molecular complexity index is 469. The molecule has 104 valence electrons. The van der Waals surface area contributed by atoms with Gasteiger partial charge in [-0.05, 0) is 31.7 Å². The van der Waals surface area contributed by atoms with E-state index in [4.69, 9.17) is 5.73 Å². The Labute approximate surface area is 112 Å². The van der Waals surface area contributed by atoms with Gasteiger partial charge in [0.05, 0.1) is 11.7 Å². The number of rotatable bonds is 4. The van der Waals surface area contributed by atoms with Gasteiger partial charge in [-0.3, -0.25) is 14.7 Å². The van der Waals surface area contributed by atoms with E-state index in [2.05, 4.69) is 10.2 Å². The maximum Gasteiger partial charge on any atom is 0.269 e. The number of hydrogen-bond acceptors (Lipinski definition) is 3. The van der Waals surface area contributed by atoms with Gasteiger partial charge in [0.2, 0.25) is 5.91 Å². The van der Waals surface area contributed by atoms with Crippen LogP contribution in [0.25, 0.3) is 0 Å². The zero-order valence-corrected chi connectivity index (χ0v) is 11.2. The fraction of sp³-hybridized carbons (Fsp3) is 0.615. The fourth-order valence-electron chi connectivity index (χ4n) is 2.54. The molecule has 0 aliphatic carbocycles. The summed E-state index contributed by atoms with van der Waals surface area (Å²) in [5.74, 6) is -0.382. The molecule has 1 aromatic heterocycles. The van der Waals surface area contributed by atoms with Gasteiger partial charge in [0.25, 0.3) is 5.91 Å². The topological polar surface area (TPSA) is 92.1 Å². The van der Waals surface area contributed by atoms with Crippen molar-refractivity contribution >= 4 is 11.8 Å². The molecule has 1 aromatic rings. The molecular weight excluding hydrogens is 244 g/mol. The first kappa shape index (κ1) is 13.6. The highest BCUT2D eigenvalue weighted by Crippen LogP contribution is 2.30. The van der Waals surface area contributed by atoms with Gasteiger partial charge in [-0.25, -0.2) is 0 Å². The Balaban J connectivity index is 2.18. The molecule has 0 bridgehead atoms. The highest BCUT2D eigenvalue weighted by atomic mass is 16.2. The number of nitrogens with two attached hydrogens (primary N) is 1. The highest BCUT2D eigenvalue weighted by Gasteiger charge is 2.29. The molecule has 2 heterocycles. The molecule has 1 fully saturated rings. The molecule has 0 aromatic carbocycles. The molecule has 0 saturated carbocycles. The summed E-state index contributed by atoms with van der Waals surface area (Å²) in [5, 5.41) is 6.73. The Kier molecular flexibility index (Phi) is 4.19. The molecule has 2 rings (SSSR count). The minimum absolute atomic E-state index is 0.00611. The van der Waals surface area contributed by atoms with E-state index in [0.29, 0.717) is 6.42 Å². The number of H-pyrrole nitrogens is 1. The second-order valence-corrected chi connectivity index (χ2v) is 4.92. The second-order valence-electron chi connectivity index (χ2n) is 4.92. The number of nitrogens with one attached hydrogen (secondary N) is 1. The van der Waals surface area contributed by atoms with Crippen molar-refractivity contribution in [1.82, 2.24) is 15.1 Å². The summed E-state index contributed by atoms with van der Waals surface area (Å²) in [6.07, 6.45) is 4.41. The molecule has 3 N–H and O–H groups in total. The molecule has 0 radical (unpaired) electrons. The molecular formula is C13H20N4O2. The van der Waals surface area contributed by atoms with Crippen molar-refractivity contribution in [2.45, 2.75) is 45.1 Å². The van der Waals surface area contributed by atoms with E-state index in [9.17, 15) is 9.59 Å². The van der Waals surface area contributed by atoms with Crippen LogP contribution < -0.4 is 5.73 Å². The van der Waals surface area contributed by atoms with Crippen LogP contribution in [0.3, 0.4) is 0 Å². The lowest BCUT2D eigenvalue weighted by molar-refractivity contribution is -0.135. The number of amides is 2. The van der Waals surface area contributed by atoms with Crippen LogP contribution in [0, 0.1) is 0 Å². The van der Waals surface area contributed by atoms with Crippen molar-refractivity contribution < 1.29 is 9.59 Å². The van der Waals surface area contributed by atoms with Gasteiger partial charge in [0, 0.05) is 13.0 Å². The number of aromatic amines is 1. The van der Waals surface area contributed by atoms with E-state index in [-0.39, 0.29) is 17.6 Å². The third kappa shape index (κ3) is 2.94. The molecule has 6 heteroatoms. The zero-order valence-electron chi connectivity index (χ0n) is 11.2. The Morgan fingerprint density at radius 2 is 2.32 bits per heavy atom. The van der Waals surface area contributed by atoms with Gasteiger partial charge in [-0.15, -0.1) is 0 Å². The molecule has 1 aliphatic heterocycles. The molecule has 2 amide bonds. The van der Waals surface area contributed by atoms with Crippen LogP contribution in [0.2, 0.25) is 0 Å². The smallest absolute Gasteiger partial charge is 0.269 e. The van der Waals surface area contributed by atoms with Crippen LogP contribution in [0.15, 0.2) is 6.07 Å². The quantitative estimate of drug-likeness (QED) is 0.860. The summed E-state index contributed by atoms with van der Waals surface area (Å²) in [6.45, 7) is 2.77. The fourth-order valence-corrected chi connectivity index (χ4v) is 2.54. The molecule has 1 saturated heterocycles. The Morgan fingerprint density at radius 3 is 2.95 bits per heavy atom. The normalized spacial score (nSPS) is 19.4. The van der Waals surface area contributed by atoms with Crippen LogP contribution in [0.1, 0.15) is 61.3 Å². The number of carbonyl (C=O) groups excluding carboxylic acids is 2. The predicted molar refractivity (Wildman–Crippen MR) is 70.3 cm³/mol. The van der Waals surface area contributed by atoms with Crippen LogP contribution >= 0.6 is 0 Å². The third-order valence-corrected chi connectivity index (χ3v) is 3.50. The average molecular weight is 264 g/mol. The summed E-state index contributed by atoms with van der Waals surface area (Å²) in [5.41, 5.74) is 6.23. The summed E-state index contributed by atoms with van der Waals surface area (Å²) >= 11 is 0. The standard InChI is InChI=1S/C13H20N4O2/c1-2-5-12(18)17-7-4-3-6-11(17)9-8-10(13(14)19)16-15-9/h8,11H,2-7H2,1H3,(H2,14,19)(H,15,16). The van der Waals surface area contributed by atoms with E-state index in [1.54, 1.807) is 6.07 Å². The second kappa shape index (κ2) is 5.86. The molecule has 1 aliphatic rings. The first-order chi connectivity index (χ1) is 9.13. The molecule has 19 heavy (non-hydrogen) atoms. The number of likely N-dealkylation sites (tertiary alicyclic amines) is 1. The Morgan fingerprint density at radius 1 is 1.53 bits per heavy atom. The number of aromatic nitrogens is 2. The Hall–Kier alpha value is -1.85. The number of piperidine rings is 1. The molecule has 0 spiro atoms. The van der Waals surface area contributed by atoms with Crippen molar-refractivity contribution in [3.05, 3.63) is 17.5 Å². The highest BCUT2D eigenvalue weighted by molar-refractivity contribution is 5.90. The lowest BCUT2D eigenvalue weighted by atomic mass is 9.98. The van der Waals surface area contributed by atoms with Crippen molar-refractivity contribution in [2.24, 2.45) is 5.73 Å². The van der Waals surface area contributed by atoms with E-state index in [1.165, 1.54) is 0 Å². The summed E-state index contributed by atoms with van der Waals surface area (Å²) in [7, 11) is 0. The molecule has 6 nitrogen and oxygen atoms in total. The van der Waals surface area contributed by atoms with Crippen molar-refractivity contribution in [3.8, 4) is 0 Å². The molecule has 1 unspecified atom stereocenters. The van der Waals surface area contributed by atoms with Crippen molar-refractivity contribution in [3.63, 3.8) is 0 Å². The molecule has 1 atom stereocenters. The van der Waals surface area contributed by atoms with Gasteiger partial charge >= 0.3 is 0 Å². The average Bonchev–Trinajstić information content (AvgIpc) is 2.88. The maximum atomic E-state index is 12.1. The van der Waals surface area contributed by atoms with Crippen LogP contribution in [0.4, 0.5) is 0 Å². The number of hydrogen-bond donors (Lipinski definition) is 2. The summed E-state index contributed by atoms with van der Waals surface area (Å²) in [6, 6.07) is 1.65. The lowest BCUT2D eigenvalue weighted by Gasteiger charge is -2.35. The summed E-state index contributed by atoms with van der Waals surface area (Å²) in [4.78, 5) is 25.1. The van der Waals surface area contributed by atoms with E-state index in [1.807, 2.05) is 11.8 Å². The van der Waals surface area contributed by atoms with E-state index in [0.717, 1.165) is 37.9 Å². The predicted octanol–water partition coefficient (Wildman–Crippen LogP) is 1.36. The van der Waals surface area contributed by atoms with Gasteiger partial charge in [-0.2, -0.15) is 5.10 Å². The van der Waals surface area contributed by atoms with E-state index >= 15 is 0 Å². The SMILES string of the molecule is CCCC(=O)N1CCCCC1c1cc(C(N)=O)n[nH]1. The monoisotopic (exact) mass is 264 g/mol. The first-order valence-corrected chi connectivity index (χ1v) is 6.78.